The highest BCUT2D eigenvalue weighted by Gasteiger charge is 2.35. The molecule has 6 nitrogen and oxygen atoms in total. The van der Waals surface area contributed by atoms with Crippen LogP contribution in [0.5, 0.6) is 0 Å². The number of sulfonamides is 1. The smallest absolute Gasteiger partial charge is 0.312 e. The second-order valence-electron chi connectivity index (χ2n) is 4.30. The van der Waals surface area contributed by atoms with Crippen molar-refractivity contribution in [2.75, 3.05) is 12.3 Å². The summed E-state index contributed by atoms with van der Waals surface area (Å²) in [5, 5.41) is 17.7. The Kier molecular flexibility index (Phi) is 3.55. The third kappa shape index (κ3) is 2.59. The average Bonchev–Trinajstić information content (AvgIpc) is 2.37. The largest absolute Gasteiger partial charge is 0.481 e. The summed E-state index contributed by atoms with van der Waals surface area (Å²) in [4.78, 5) is 11.3. The van der Waals surface area contributed by atoms with Gasteiger partial charge in [-0.2, -0.15) is 9.57 Å². The van der Waals surface area contributed by atoms with Gasteiger partial charge in [0.25, 0.3) is 0 Å². The molecule has 0 aliphatic carbocycles. The molecule has 1 N–H and O–H groups in total. The van der Waals surface area contributed by atoms with E-state index in [0.29, 0.717) is 11.1 Å². The fourth-order valence-corrected chi connectivity index (χ4v) is 3.23. The number of nitriles is 1. The molecule has 0 bridgehead atoms. The van der Waals surface area contributed by atoms with Gasteiger partial charge in [-0.05, 0) is 11.1 Å². The number of aliphatic carboxylic acids is 1. The van der Waals surface area contributed by atoms with Crippen molar-refractivity contribution in [3.05, 3.63) is 35.4 Å². The number of nitrogens with zero attached hydrogens (tertiary/aromatic N) is 2. The zero-order valence-electron chi connectivity index (χ0n) is 9.98. The Morgan fingerprint density at radius 3 is 2.79 bits per heavy atom. The second-order valence-corrected chi connectivity index (χ2v) is 6.27. The van der Waals surface area contributed by atoms with Gasteiger partial charge in [0.2, 0.25) is 10.0 Å². The summed E-state index contributed by atoms with van der Waals surface area (Å²) in [5.41, 5.74) is 1.31. The first-order chi connectivity index (χ1) is 8.95. The molecule has 0 radical (unpaired) electrons. The first kappa shape index (κ1) is 13.5. The fraction of sp³-hybridized carbons (Fsp3) is 0.333. The van der Waals surface area contributed by atoms with Gasteiger partial charge in [0, 0.05) is 13.1 Å². The summed E-state index contributed by atoms with van der Waals surface area (Å²) in [6, 6.07) is 8.47. The van der Waals surface area contributed by atoms with Gasteiger partial charge in [0.05, 0.1) is 12.0 Å². The lowest BCUT2D eigenvalue weighted by molar-refractivity contribution is -0.139. The van der Waals surface area contributed by atoms with Crippen molar-refractivity contribution < 1.29 is 18.3 Å². The van der Waals surface area contributed by atoms with Crippen molar-refractivity contribution in [3.8, 4) is 6.07 Å². The molecule has 0 amide bonds. The number of hydrogen-bond donors (Lipinski definition) is 1. The van der Waals surface area contributed by atoms with E-state index in [1.807, 2.05) is 0 Å². The fourth-order valence-electron chi connectivity index (χ4n) is 2.17. The van der Waals surface area contributed by atoms with Crippen LogP contribution < -0.4 is 0 Å². The van der Waals surface area contributed by atoms with Gasteiger partial charge in [-0.25, -0.2) is 8.42 Å². The van der Waals surface area contributed by atoms with Gasteiger partial charge in [0.15, 0.2) is 5.75 Å². The van der Waals surface area contributed by atoms with Crippen molar-refractivity contribution in [3.63, 3.8) is 0 Å². The minimum atomic E-state index is -3.73. The van der Waals surface area contributed by atoms with Gasteiger partial charge in [-0.3, -0.25) is 4.79 Å². The van der Waals surface area contributed by atoms with E-state index in [1.54, 1.807) is 30.3 Å². The molecule has 1 aliphatic rings. The Bertz CT molecular complexity index is 648. The quantitative estimate of drug-likeness (QED) is 0.870. The third-order valence-corrected chi connectivity index (χ3v) is 4.66. The predicted octanol–water partition coefficient (Wildman–Crippen LogP) is 0.524. The van der Waals surface area contributed by atoms with Crippen LogP contribution in [-0.2, 0) is 21.4 Å². The van der Waals surface area contributed by atoms with Gasteiger partial charge in [-0.1, -0.05) is 24.3 Å². The maximum atomic E-state index is 11.9. The van der Waals surface area contributed by atoms with E-state index < -0.39 is 27.7 Å². The Hall–Kier alpha value is -1.91. The topological polar surface area (TPSA) is 98.5 Å². The molecule has 0 saturated carbocycles. The van der Waals surface area contributed by atoms with Crippen molar-refractivity contribution in [1.82, 2.24) is 4.31 Å². The van der Waals surface area contributed by atoms with Crippen LogP contribution in [0.1, 0.15) is 17.0 Å². The van der Waals surface area contributed by atoms with Crippen LogP contribution in [0.2, 0.25) is 0 Å². The Morgan fingerprint density at radius 1 is 1.47 bits per heavy atom. The molecule has 100 valence electrons. The van der Waals surface area contributed by atoms with Crippen molar-refractivity contribution in [1.29, 1.82) is 5.26 Å². The van der Waals surface area contributed by atoms with E-state index in [0.717, 1.165) is 4.31 Å². The third-order valence-electron chi connectivity index (χ3n) is 3.10. The number of rotatable bonds is 3. The predicted molar refractivity (Wildman–Crippen MR) is 66.6 cm³/mol. The normalized spacial score (nSPS) is 19.4. The number of carboxylic acid groups (broad SMARTS) is 1. The van der Waals surface area contributed by atoms with E-state index in [1.165, 1.54) is 0 Å². The number of hydrogen-bond acceptors (Lipinski definition) is 4. The lowest BCUT2D eigenvalue weighted by Crippen LogP contribution is -2.41. The van der Waals surface area contributed by atoms with Crippen molar-refractivity contribution in [2.45, 2.75) is 12.5 Å². The molecule has 1 aliphatic heterocycles. The molecule has 0 fully saturated rings. The molecule has 2 rings (SSSR count). The summed E-state index contributed by atoms with van der Waals surface area (Å²) < 4.78 is 24.8. The lowest BCUT2D eigenvalue weighted by Gasteiger charge is -2.31. The maximum absolute atomic E-state index is 11.9. The standard InChI is InChI=1S/C12H12N2O4S/c13-5-6-19(17,18)14-7-9-3-1-2-4-10(9)11(8-14)12(15)16/h1-4,11H,6-8H2,(H,15,16). The van der Waals surface area contributed by atoms with Crippen LogP contribution in [0.25, 0.3) is 0 Å². The Balaban J connectivity index is 2.42. The Morgan fingerprint density at radius 2 is 2.16 bits per heavy atom. The molecule has 0 saturated heterocycles. The van der Waals surface area contributed by atoms with Crippen molar-refractivity contribution in [2.24, 2.45) is 0 Å². The van der Waals surface area contributed by atoms with Crippen molar-refractivity contribution >= 4 is 16.0 Å². The van der Waals surface area contributed by atoms with Crippen LogP contribution in [0.3, 0.4) is 0 Å². The minimum absolute atomic E-state index is 0.115. The molecule has 19 heavy (non-hydrogen) atoms. The van der Waals surface area contributed by atoms with Crippen LogP contribution in [-0.4, -0.2) is 36.1 Å². The van der Waals surface area contributed by atoms with Crippen LogP contribution in [0.15, 0.2) is 24.3 Å². The molecule has 1 unspecified atom stereocenters. The van der Waals surface area contributed by atoms with Crippen LogP contribution >= 0.6 is 0 Å². The number of carbonyl (C=O) groups is 1. The maximum Gasteiger partial charge on any atom is 0.312 e. The molecule has 1 aromatic carbocycles. The Labute approximate surface area is 110 Å². The van der Waals surface area contributed by atoms with Crippen LogP contribution in [0, 0.1) is 11.3 Å². The van der Waals surface area contributed by atoms with Crippen LogP contribution in [0.4, 0.5) is 0 Å². The summed E-state index contributed by atoms with van der Waals surface area (Å²) in [6.07, 6.45) is 0. The van der Waals surface area contributed by atoms with Gasteiger partial charge >= 0.3 is 5.97 Å². The van der Waals surface area contributed by atoms with E-state index >= 15 is 0 Å². The van der Waals surface area contributed by atoms with E-state index in [9.17, 15) is 18.3 Å². The monoisotopic (exact) mass is 280 g/mol. The molecular weight excluding hydrogens is 268 g/mol. The van der Waals surface area contributed by atoms with Gasteiger partial charge < -0.3 is 5.11 Å². The molecular formula is C12H12N2O4S. The van der Waals surface area contributed by atoms with Gasteiger partial charge in [-0.15, -0.1) is 0 Å². The summed E-state index contributed by atoms with van der Waals surface area (Å²) in [6.45, 7) is -0.0136. The summed E-state index contributed by atoms with van der Waals surface area (Å²) in [7, 11) is -3.73. The number of fused-ring (bicyclic) bond motifs is 1. The molecule has 0 aromatic heterocycles. The first-order valence-corrected chi connectivity index (χ1v) is 7.22. The zero-order chi connectivity index (χ0) is 14.0. The van der Waals surface area contributed by atoms with E-state index in [4.69, 9.17) is 5.26 Å². The summed E-state index contributed by atoms with van der Waals surface area (Å²) in [5.74, 6) is -2.59. The van der Waals surface area contributed by atoms with E-state index in [2.05, 4.69) is 0 Å². The van der Waals surface area contributed by atoms with Gasteiger partial charge in [0.1, 0.15) is 0 Å². The highest BCUT2D eigenvalue weighted by Crippen LogP contribution is 2.29. The first-order valence-electron chi connectivity index (χ1n) is 5.61. The molecule has 0 spiro atoms. The zero-order valence-corrected chi connectivity index (χ0v) is 10.8. The lowest BCUT2D eigenvalue weighted by atomic mass is 9.91. The number of carboxylic acids is 1. The molecule has 1 heterocycles. The minimum Gasteiger partial charge on any atom is -0.481 e. The average molecular weight is 280 g/mol. The highest BCUT2D eigenvalue weighted by atomic mass is 32.2. The molecule has 7 heteroatoms. The van der Waals surface area contributed by atoms with E-state index in [-0.39, 0.29) is 13.1 Å². The highest BCUT2D eigenvalue weighted by molar-refractivity contribution is 7.89. The SMILES string of the molecule is N#CCS(=O)(=O)N1Cc2ccccc2C(C(=O)O)C1. The molecule has 1 aromatic rings. The number of benzene rings is 1. The molecule has 1 atom stereocenters. The summed E-state index contributed by atoms with van der Waals surface area (Å²) >= 11 is 0. The second kappa shape index (κ2) is 4.99.